The monoisotopic (exact) mass is 333 g/mol. The first kappa shape index (κ1) is 17.1. The van der Waals surface area contributed by atoms with Gasteiger partial charge in [0, 0.05) is 19.2 Å². The second-order valence-electron chi connectivity index (χ2n) is 4.69. The van der Waals surface area contributed by atoms with E-state index in [1.54, 1.807) is 13.8 Å². The molecule has 0 fully saturated rings. The third kappa shape index (κ3) is 2.93. The number of para-hydroxylation sites is 1. The molecule has 0 atom stereocenters. The van der Waals surface area contributed by atoms with Crippen LogP contribution >= 0.6 is 0 Å². The Labute approximate surface area is 135 Å². The molecule has 0 spiro atoms. The van der Waals surface area contributed by atoms with E-state index in [9.17, 15) is 24.8 Å². The average molecular weight is 333 g/mol. The molecule has 24 heavy (non-hydrogen) atoms. The van der Waals surface area contributed by atoms with Crippen LogP contribution in [0.5, 0.6) is 5.88 Å². The molecule has 0 amide bonds. The Morgan fingerprint density at radius 3 is 2.33 bits per heavy atom. The highest BCUT2D eigenvalue weighted by Gasteiger charge is 2.18. The minimum atomic E-state index is -0.813. The van der Waals surface area contributed by atoms with Crippen LogP contribution in [0.3, 0.4) is 0 Å². The molecule has 2 aromatic rings. The summed E-state index contributed by atoms with van der Waals surface area (Å²) in [6.07, 6.45) is 0. The van der Waals surface area contributed by atoms with Crippen molar-refractivity contribution in [2.24, 2.45) is 10.2 Å². The van der Waals surface area contributed by atoms with E-state index in [0.717, 1.165) is 9.13 Å². The molecule has 1 N–H and O–H groups in total. The summed E-state index contributed by atoms with van der Waals surface area (Å²) in [5.41, 5.74) is -2.28. The van der Waals surface area contributed by atoms with E-state index in [0.29, 0.717) is 0 Å². The van der Waals surface area contributed by atoms with Crippen LogP contribution in [0.2, 0.25) is 0 Å². The number of nitrogens with zero attached hydrogens (tertiary/aromatic N) is 5. The van der Waals surface area contributed by atoms with Gasteiger partial charge in [-0.15, -0.1) is 10.2 Å². The van der Waals surface area contributed by atoms with E-state index in [1.807, 2.05) is 0 Å². The van der Waals surface area contributed by atoms with Gasteiger partial charge in [0.25, 0.3) is 11.2 Å². The molecule has 0 unspecified atom stereocenters. The smallest absolute Gasteiger partial charge is 0.333 e. The number of nitro benzene ring substituents is 1. The fourth-order valence-electron chi connectivity index (χ4n) is 2.13. The van der Waals surface area contributed by atoms with Crippen molar-refractivity contribution < 1.29 is 10.0 Å². The summed E-state index contributed by atoms with van der Waals surface area (Å²) < 4.78 is 1.87. The zero-order valence-electron chi connectivity index (χ0n) is 13.0. The van der Waals surface area contributed by atoms with E-state index in [2.05, 4.69) is 10.2 Å². The van der Waals surface area contributed by atoms with Crippen molar-refractivity contribution >= 4 is 17.1 Å². The van der Waals surface area contributed by atoms with Gasteiger partial charge in [-0.05, 0) is 19.9 Å². The summed E-state index contributed by atoms with van der Waals surface area (Å²) in [7, 11) is 0. The summed E-state index contributed by atoms with van der Waals surface area (Å²) in [4.78, 5) is 34.6. The summed E-state index contributed by atoms with van der Waals surface area (Å²) in [5, 5.41) is 28.4. The summed E-state index contributed by atoms with van der Waals surface area (Å²) in [6, 6.07) is 5.59. The predicted octanol–water partition coefficient (Wildman–Crippen LogP) is 2.08. The molecule has 0 aliphatic heterocycles. The number of azo groups is 1. The van der Waals surface area contributed by atoms with Crippen molar-refractivity contribution in [3.63, 3.8) is 0 Å². The lowest BCUT2D eigenvalue weighted by atomic mass is 10.3. The Hall–Kier alpha value is -3.30. The van der Waals surface area contributed by atoms with Gasteiger partial charge in [-0.3, -0.25) is 24.0 Å². The molecule has 0 radical (unpaired) electrons. The SMILES string of the molecule is CCn1c(O)c(N=Nc2ccccc2[N+](=O)[O-])c(=O)n(CC)c1=O. The molecule has 1 aromatic heterocycles. The normalized spacial score (nSPS) is 11.1. The van der Waals surface area contributed by atoms with Crippen LogP contribution in [0.15, 0.2) is 44.1 Å². The van der Waals surface area contributed by atoms with E-state index in [4.69, 9.17) is 0 Å². The Kier molecular flexibility index (Phi) is 4.87. The largest absolute Gasteiger partial charge is 0.493 e. The molecular weight excluding hydrogens is 318 g/mol. The molecule has 10 nitrogen and oxygen atoms in total. The first-order chi connectivity index (χ1) is 11.4. The molecule has 126 valence electrons. The second-order valence-corrected chi connectivity index (χ2v) is 4.69. The Bertz CT molecular complexity index is 928. The maximum atomic E-state index is 12.3. The van der Waals surface area contributed by atoms with E-state index >= 15 is 0 Å². The Morgan fingerprint density at radius 2 is 1.75 bits per heavy atom. The van der Waals surface area contributed by atoms with Crippen LogP contribution in [-0.4, -0.2) is 19.2 Å². The van der Waals surface area contributed by atoms with Gasteiger partial charge >= 0.3 is 5.69 Å². The first-order valence-electron chi connectivity index (χ1n) is 7.14. The standard InChI is InChI=1S/C14H15N5O5/c1-3-17-12(20)11(13(21)18(4-2)14(17)22)16-15-9-7-5-6-8-10(9)19(23)24/h5-8,20H,3-4H2,1-2H3. The third-order valence-electron chi connectivity index (χ3n) is 3.35. The second kappa shape index (κ2) is 6.86. The van der Waals surface area contributed by atoms with Gasteiger partial charge in [0.1, 0.15) is 0 Å². The topological polar surface area (TPSA) is 132 Å². The molecule has 1 heterocycles. The zero-order chi connectivity index (χ0) is 17.9. The summed E-state index contributed by atoms with van der Waals surface area (Å²) >= 11 is 0. The highest BCUT2D eigenvalue weighted by atomic mass is 16.6. The minimum Gasteiger partial charge on any atom is -0.493 e. The molecule has 0 aliphatic carbocycles. The number of rotatable bonds is 5. The number of benzene rings is 1. The fourth-order valence-corrected chi connectivity index (χ4v) is 2.13. The molecule has 2 rings (SSSR count). The molecule has 0 saturated carbocycles. The van der Waals surface area contributed by atoms with Gasteiger partial charge in [-0.25, -0.2) is 4.79 Å². The van der Waals surface area contributed by atoms with Crippen LogP contribution in [0.25, 0.3) is 0 Å². The minimum absolute atomic E-state index is 0.0707. The first-order valence-corrected chi connectivity index (χ1v) is 7.14. The number of hydrogen-bond acceptors (Lipinski definition) is 7. The Balaban J connectivity index is 2.65. The lowest BCUT2D eigenvalue weighted by Gasteiger charge is -2.10. The maximum absolute atomic E-state index is 12.3. The van der Waals surface area contributed by atoms with Crippen LogP contribution in [-0.2, 0) is 13.1 Å². The molecule has 0 bridgehead atoms. The van der Waals surface area contributed by atoms with Crippen molar-refractivity contribution in [1.29, 1.82) is 0 Å². The van der Waals surface area contributed by atoms with Crippen molar-refractivity contribution in [3.8, 4) is 5.88 Å². The Morgan fingerprint density at radius 1 is 1.12 bits per heavy atom. The quantitative estimate of drug-likeness (QED) is 0.508. The fraction of sp³-hybridized carbons (Fsp3) is 0.286. The predicted molar refractivity (Wildman–Crippen MR) is 85.2 cm³/mol. The van der Waals surface area contributed by atoms with Crippen molar-refractivity contribution in [3.05, 3.63) is 55.2 Å². The van der Waals surface area contributed by atoms with Gasteiger partial charge in [0.2, 0.25) is 11.6 Å². The summed E-state index contributed by atoms with van der Waals surface area (Å²) in [6.45, 7) is 3.43. The van der Waals surface area contributed by atoms with E-state index in [-0.39, 0.29) is 24.5 Å². The van der Waals surface area contributed by atoms with Gasteiger partial charge in [-0.1, -0.05) is 12.1 Å². The third-order valence-corrected chi connectivity index (χ3v) is 3.35. The lowest BCUT2D eigenvalue weighted by Crippen LogP contribution is -2.38. The molecule has 10 heteroatoms. The van der Waals surface area contributed by atoms with E-state index in [1.165, 1.54) is 24.3 Å². The highest BCUT2D eigenvalue weighted by molar-refractivity contribution is 5.57. The molecule has 0 saturated heterocycles. The number of aromatic nitrogens is 2. The summed E-state index contributed by atoms with van der Waals surface area (Å²) in [5.74, 6) is -0.625. The number of aromatic hydroxyl groups is 1. The van der Waals surface area contributed by atoms with Crippen LogP contribution in [0.1, 0.15) is 13.8 Å². The zero-order valence-corrected chi connectivity index (χ0v) is 13.0. The van der Waals surface area contributed by atoms with Crippen LogP contribution in [0.4, 0.5) is 17.1 Å². The highest BCUT2D eigenvalue weighted by Crippen LogP contribution is 2.29. The van der Waals surface area contributed by atoms with Gasteiger partial charge in [-0.2, -0.15) is 0 Å². The lowest BCUT2D eigenvalue weighted by molar-refractivity contribution is -0.384. The van der Waals surface area contributed by atoms with Crippen molar-refractivity contribution in [2.45, 2.75) is 26.9 Å². The molecule has 1 aromatic carbocycles. The van der Waals surface area contributed by atoms with Crippen molar-refractivity contribution in [1.82, 2.24) is 9.13 Å². The average Bonchev–Trinajstić information content (AvgIpc) is 2.55. The molecule has 0 aliphatic rings. The van der Waals surface area contributed by atoms with Gasteiger partial charge in [0.15, 0.2) is 5.69 Å². The van der Waals surface area contributed by atoms with Crippen molar-refractivity contribution in [2.75, 3.05) is 0 Å². The number of nitro groups is 1. The van der Waals surface area contributed by atoms with E-state index < -0.39 is 27.7 Å². The molecular formula is C14H15N5O5. The van der Waals surface area contributed by atoms with Gasteiger partial charge < -0.3 is 5.11 Å². The van der Waals surface area contributed by atoms with Crippen LogP contribution < -0.4 is 11.2 Å². The van der Waals surface area contributed by atoms with Crippen LogP contribution in [0, 0.1) is 10.1 Å². The maximum Gasteiger partial charge on any atom is 0.333 e. The van der Waals surface area contributed by atoms with Gasteiger partial charge in [0.05, 0.1) is 4.92 Å². The number of hydrogen-bond donors (Lipinski definition) is 1.